The normalized spacial score (nSPS) is 12.5. The van der Waals surface area contributed by atoms with Gasteiger partial charge in [-0.2, -0.15) is 0 Å². The fourth-order valence-corrected chi connectivity index (χ4v) is 2.11. The molecule has 0 N–H and O–H groups in total. The second kappa shape index (κ2) is 6.65. The molecule has 3 heteroatoms. The molecule has 0 saturated heterocycles. The summed E-state index contributed by atoms with van der Waals surface area (Å²) in [4.78, 5) is 11.1. The van der Waals surface area contributed by atoms with Crippen LogP contribution in [0.2, 0.25) is 5.02 Å². The molecule has 0 spiro atoms. The maximum absolute atomic E-state index is 11.1. The SMILES string of the molecule is CCC(CC)C(C=O)Oc1ccc(Cl)cc1C. The first-order valence-corrected chi connectivity index (χ1v) is 6.38. The Bertz CT molecular complexity index is 372. The van der Waals surface area contributed by atoms with Crippen LogP contribution in [0.5, 0.6) is 5.75 Å². The highest BCUT2D eigenvalue weighted by Gasteiger charge is 2.20. The van der Waals surface area contributed by atoms with Crippen molar-refractivity contribution in [1.29, 1.82) is 0 Å². The van der Waals surface area contributed by atoms with E-state index in [1.165, 1.54) is 0 Å². The summed E-state index contributed by atoms with van der Waals surface area (Å²) in [5.74, 6) is 1.00. The molecule has 17 heavy (non-hydrogen) atoms. The third-order valence-electron chi connectivity index (χ3n) is 3.05. The van der Waals surface area contributed by atoms with Crippen molar-refractivity contribution in [3.8, 4) is 5.75 Å². The minimum Gasteiger partial charge on any atom is -0.482 e. The molecule has 1 rings (SSSR count). The van der Waals surface area contributed by atoms with E-state index in [1.807, 2.05) is 19.1 Å². The topological polar surface area (TPSA) is 26.3 Å². The van der Waals surface area contributed by atoms with Crippen LogP contribution >= 0.6 is 11.6 Å². The lowest BCUT2D eigenvalue weighted by atomic mass is 9.97. The van der Waals surface area contributed by atoms with Gasteiger partial charge in [-0.1, -0.05) is 25.4 Å². The minimum absolute atomic E-state index is 0.266. The summed E-state index contributed by atoms with van der Waals surface area (Å²) in [6.07, 6.45) is 2.40. The molecule has 0 amide bonds. The van der Waals surface area contributed by atoms with E-state index < -0.39 is 0 Å². The molecule has 0 bridgehead atoms. The van der Waals surface area contributed by atoms with E-state index in [-0.39, 0.29) is 12.0 Å². The average Bonchev–Trinajstić information content (AvgIpc) is 2.32. The van der Waals surface area contributed by atoms with Gasteiger partial charge in [-0.05, 0) is 43.5 Å². The monoisotopic (exact) mass is 254 g/mol. The summed E-state index contributed by atoms with van der Waals surface area (Å²) >= 11 is 5.88. The first kappa shape index (κ1) is 14.0. The fraction of sp³-hybridized carbons (Fsp3) is 0.500. The molecule has 0 aliphatic rings. The summed E-state index contributed by atoms with van der Waals surface area (Å²) in [6.45, 7) is 6.07. The number of halogens is 1. The highest BCUT2D eigenvalue weighted by molar-refractivity contribution is 6.30. The second-order valence-corrected chi connectivity index (χ2v) is 4.64. The van der Waals surface area contributed by atoms with Crippen LogP contribution < -0.4 is 4.74 Å². The van der Waals surface area contributed by atoms with E-state index in [0.717, 1.165) is 30.4 Å². The van der Waals surface area contributed by atoms with Crippen LogP contribution in [-0.2, 0) is 4.79 Å². The molecule has 2 nitrogen and oxygen atoms in total. The number of ether oxygens (including phenoxy) is 1. The zero-order valence-electron chi connectivity index (χ0n) is 10.6. The number of hydrogen-bond donors (Lipinski definition) is 0. The van der Waals surface area contributed by atoms with Crippen LogP contribution in [0.25, 0.3) is 0 Å². The van der Waals surface area contributed by atoms with Gasteiger partial charge >= 0.3 is 0 Å². The zero-order valence-corrected chi connectivity index (χ0v) is 11.3. The van der Waals surface area contributed by atoms with Gasteiger partial charge in [0, 0.05) is 10.9 Å². The molecule has 1 aromatic carbocycles. The van der Waals surface area contributed by atoms with Gasteiger partial charge < -0.3 is 4.74 Å². The van der Waals surface area contributed by atoms with Crippen LogP contribution in [0.15, 0.2) is 18.2 Å². The molecule has 1 unspecified atom stereocenters. The Labute approximate surface area is 108 Å². The van der Waals surface area contributed by atoms with Crippen molar-refractivity contribution < 1.29 is 9.53 Å². The molecule has 0 saturated carbocycles. The molecule has 0 aromatic heterocycles. The average molecular weight is 255 g/mol. The van der Waals surface area contributed by atoms with Crippen LogP contribution in [0.3, 0.4) is 0 Å². The van der Waals surface area contributed by atoms with E-state index in [1.54, 1.807) is 6.07 Å². The Hall–Kier alpha value is -1.02. The van der Waals surface area contributed by atoms with Gasteiger partial charge in [0.2, 0.25) is 0 Å². The van der Waals surface area contributed by atoms with Crippen molar-refractivity contribution in [2.24, 2.45) is 5.92 Å². The van der Waals surface area contributed by atoms with Gasteiger partial charge in [0.05, 0.1) is 0 Å². The predicted molar refractivity (Wildman–Crippen MR) is 70.7 cm³/mol. The first-order valence-electron chi connectivity index (χ1n) is 6.00. The minimum atomic E-state index is -0.370. The van der Waals surface area contributed by atoms with Crippen molar-refractivity contribution in [2.75, 3.05) is 0 Å². The van der Waals surface area contributed by atoms with Crippen molar-refractivity contribution in [1.82, 2.24) is 0 Å². The molecule has 1 atom stereocenters. The summed E-state index contributed by atoms with van der Waals surface area (Å²) in [7, 11) is 0. The lowest BCUT2D eigenvalue weighted by Gasteiger charge is -2.22. The Balaban J connectivity index is 2.83. The first-order chi connectivity index (χ1) is 8.12. The van der Waals surface area contributed by atoms with Gasteiger partial charge in [0.15, 0.2) is 12.4 Å². The van der Waals surface area contributed by atoms with Crippen LogP contribution in [0.4, 0.5) is 0 Å². The van der Waals surface area contributed by atoms with Crippen molar-refractivity contribution in [2.45, 2.75) is 39.7 Å². The lowest BCUT2D eigenvalue weighted by molar-refractivity contribution is -0.115. The molecule has 0 heterocycles. The third-order valence-corrected chi connectivity index (χ3v) is 3.28. The number of hydrogen-bond acceptors (Lipinski definition) is 2. The van der Waals surface area contributed by atoms with Crippen LogP contribution in [0.1, 0.15) is 32.3 Å². The molecule has 94 valence electrons. The maximum Gasteiger partial charge on any atom is 0.160 e. The van der Waals surface area contributed by atoms with E-state index in [0.29, 0.717) is 5.02 Å². The number of aryl methyl sites for hydroxylation is 1. The summed E-state index contributed by atoms with van der Waals surface area (Å²) in [5, 5.41) is 0.681. The molecular formula is C14H19ClO2. The molecular weight excluding hydrogens is 236 g/mol. The standard InChI is InChI=1S/C14H19ClO2/c1-4-11(5-2)14(9-16)17-13-7-6-12(15)8-10(13)3/h6-9,11,14H,4-5H2,1-3H3. The van der Waals surface area contributed by atoms with Gasteiger partial charge in [0.1, 0.15) is 5.75 Å². The molecule has 0 fully saturated rings. The number of benzene rings is 1. The van der Waals surface area contributed by atoms with E-state index in [4.69, 9.17) is 16.3 Å². The van der Waals surface area contributed by atoms with Gasteiger partial charge in [-0.25, -0.2) is 0 Å². The Kier molecular flexibility index (Phi) is 5.49. The van der Waals surface area contributed by atoms with Crippen molar-refractivity contribution in [3.63, 3.8) is 0 Å². The van der Waals surface area contributed by atoms with E-state index in [2.05, 4.69) is 13.8 Å². The van der Waals surface area contributed by atoms with Crippen molar-refractivity contribution >= 4 is 17.9 Å². The van der Waals surface area contributed by atoms with Gasteiger partial charge in [-0.15, -0.1) is 0 Å². The van der Waals surface area contributed by atoms with E-state index >= 15 is 0 Å². The largest absolute Gasteiger partial charge is 0.482 e. The molecule has 0 aliphatic carbocycles. The lowest BCUT2D eigenvalue weighted by Crippen LogP contribution is -2.28. The van der Waals surface area contributed by atoms with Crippen LogP contribution in [-0.4, -0.2) is 12.4 Å². The fourth-order valence-electron chi connectivity index (χ4n) is 1.88. The van der Waals surface area contributed by atoms with Crippen molar-refractivity contribution in [3.05, 3.63) is 28.8 Å². The predicted octanol–water partition coefficient (Wildman–Crippen LogP) is 4.03. The summed E-state index contributed by atoms with van der Waals surface area (Å²) in [5.41, 5.74) is 0.954. The Morgan fingerprint density at radius 1 is 1.35 bits per heavy atom. The number of aldehydes is 1. The Morgan fingerprint density at radius 3 is 2.47 bits per heavy atom. The number of carbonyl (C=O) groups excluding carboxylic acids is 1. The molecule has 1 aromatic rings. The third kappa shape index (κ3) is 3.74. The van der Waals surface area contributed by atoms with Gasteiger partial charge in [0.25, 0.3) is 0 Å². The van der Waals surface area contributed by atoms with Crippen LogP contribution in [0, 0.1) is 12.8 Å². The second-order valence-electron chi connectivity index (χ2n) is 4.20. The maximum atomic E-state index is 11.1. The smallest absolute Gasteiger partial charge is 0.160 e. The summed E-state index contributed by atoms with van der Waals surface area (Å²) < 4.78 is 5.77. The zero-order chi connectivity index (χ0) is 12.8. The number of rotatable bonds is 6. The quantitative estimate of drug-likeness (QED) is 0.717. The highest BCUT2D eigenvalue weighted by atomic mass is 35.5. The summed E-state index contributed by atoms with van der Waals surface area (Å²) in [6, 6.07) is 5.43. The van der Waals surface area contributed by atoms with Gasteiger partial charge in [-0.3, -0.25) is 4.79 Å². The molecule has 0 aliphatic heterocycles. The highest BCUT2D eigenvalue weighted by Crippen LogP contribution is 2.25. The van der Waals surface area contributed by atoms with E-state index in [9.17, 15) is 4.79 Å². The Morgan fingerprint density at radius 2 is 2.00 bits per heavy atom. The number of carbonyl (C=O) groups is 1. The molecule has 0 radical (unpaired) electrons.